The monoisotopic (exact) mass is 358 g/mol. The number of esters is 3. The lowest BCUT2D eigenvalue weighted by Gasteiger charge is -2.26. The smallest absolute Gasteiger partial charge is 0.334 e. The minimum absolute atomic E-state index is 0.154. The van der Waals surface area contributed by atoms with Crippen molar-refractivity contribution in [1.29, 1.82) is 0 Å². The van der Waals surface area contributed by atoms with Crippen LogP contribution in [0.3, 0.4) is 0 Å². The van der Waals surface area contributed by atoms with E-state index in [-0.39, 0.29) is 18.1 Å². The molecule has 0 N–H and O–H groups in total. The number of carbonyl (C=O) groups is 3. The Morgan fingerprint density at radius 2 is 1.92 bits per heavy atom. The summed E-state index contributed by atoms with van der Waals surface area (Å²) in [5.41, 5.74) is 2.41. The maximum Gasteiger partial charge on any atom is 0.334 e. The molecule has 0 aromatic rings. The lowest BCUT2D eigenvalue weighted by atomic mass is 9.85. The molecule has 1 fully saturated rings. The van der Waals surface area contributed by atoms with Crippen LogP contribution in [0.5, 0.6) is 0 Å². The highest BCUT2D eigenvalue weighted by Gasteiger charge is 2.46. The molecule has 3 aliphatic rings. The van der Waals surface area contributed by atoms with Crippen LogP contribution in [-0.4, -0.2) is 36.2 Å². The van der Waals surface area contributed by atoms with Crippen LogP contribution in [0.4, 0.5) is 0 Å². The molecule has 26 heavy (non-hydrogen) atoms. The van der Waals surface area contributed by atoms with E-state index in [1.807, 2.05) is 13.0 Å². The molecule has 6 heteroatoms. The summed E-state index contributed by atoms with van der Waals surface area (Å²) in [6.07, 6.45) is 3.98. The third-order valence-corrected chi connectivity index (χ3v) is 4.64. The van der Waals surface area contributed by atoms with E-state index in [1.54, 1.807) is 19.9 Å². The van der Waals surface area contributed by atoms with Crippen molar-refractivity contribution in [3.05, 3.63) is 47.1 Å². The van der Waals surface area contributed by atoms with Gasteiger partial charge in [-0.25, -0.2) is 14.4 Å². The highest BCUT2D eigenvalue weighted by molar-refractivity contribution is 5.93. The number of fused-ring (bicyclic) bond motifs is 2. The average molecular weight is 358 g/mol. The topological polar surface area (TPSA) is 78.9 Å². The van der Waals surface area contributed by atoms with Gasteiger partial charge in [0.05, 0.1) is 5.92 Å². The first-order valence-corrected chi connectivity index (χ1v) is 8.59. The van der Waals surface area contributed by atoms with Crippen LogP contribution in [0, 0.1) is 5.92 Å². The van der Waals surface area contributed by atoms with Gasteiger partial charge in [0.1, 0.15) is 18.3 Å². The highest BCUT2D eigenvalue weighted by Crippen LogP contribution is 2.38. The Hall–Kier alpha value is -2.63. The first kappa shape index (κ1) is 18.2. The Balaban J connectivity index is 1.99. The van der Waals surface area contributed by atoms with Crippen LogP contribution in [0.1, 0.15) is 33.6 Å². The Kier molecular flexibility index (Phi) is 4.85. The summed E-state index contributed by atoms with van der Waals surface area (Å²) in [5, 5.41) is 0. The maximum absolute atomic E-state index is 12.2. The molecule has 0 aromatic heterocycles. The quantitative estimate of drug-likeness (QED) is 0.327. The van der Waals surface area contributed by atoms with E-state index in [9.17, 15) is 14.4 Å². The molecule has 0 spiro atoms. The lowest BCUT2D eigenvalue weighted by molar-refractivity contribution is -0.147. The van der Waals surface area contributed by atoms with Crippen molar-refractivity contribution in [1.82, 2.24) is 0 Å². The van der Waals surface area contributed by atoms with E-state index >= 15 is 0 Å². The summed E-state index contributed by atoms with van der Waals surface area (Å²) in [5.74, 6) is -1.99. The second kappa shape index (κ2) is 6.94. The molecule has 2 heterocycles. The van der Waals surface area contributed by atoms with E-state index < -0.39 is 36.0 Å². The van der Waals surface area contributed by atoms with Crippen molar-refractivity contribution >= 4 is 17.9 Å². The summed E-state index contributed by atoms with van der Waals surface area (Å²) in [6, 6.07) is 0. The van der Waals surface area contributed by atoms with E-state index in [4.69, 9.17) is 14.2 Å². The zero-order valence-electron chi connectivity index (χ0n) is 15.1. The minimum Gasteiger partial charge on any atom is -0.458 e. The first-order chi connectivity index (χ1) is 12.2. The van der Waals surface area contributed by atoms with Gasteiger partial charge in [0.25, 0.3) is 0 Å². The van der Waals surface area contributed by atoms with Crippen LogP contribution < -0.4 is 0 Å². The second-order valence-electron chi connectivity index (χ2n) is 7.17. The number of rotatable bonds is 2. The van der Waals surface area contributed by atoms with Crippen LogP contribution in [0.25, 0.3) is 0 Å². The number of allylic oxidation sites excluding steroid dienone is 1. The van der Waals surface area contributed by atoms with Crippen LogP contribution in [0.2, 0.25) is 0 Å². The molecule has 2 aliphatic heterocycles. The Labute approximate surface area is 152 Å². The number of ether oxygens (including phenoxy) is 3. The predicted molar refractivity (Wildman–Crippen MR) is 92.8 cm³/mol. The van der Waals surface area contributed by atoms with Crippen molar-refractivity contribution in [2.75, 3.05) is 0 Å². The molecular formula is C20H22O6. The zero-order chi connectivity index (χ0) is 19.0. The Morgan fingerprint density at radius 1 is 1.19 bits per heavy atom. The van der Waals surface area contributed by atoms with Gasteiger partial charge in [-0.15, -0.1) is 0 Å². The van der Waals surface area contributed by atoms with E-state index in [1.165, 1.54) is 6.08 Å². The SMILES string of the molecule is C=C1C(=O)O[C@@H]2/C=C(/C)C[C@H]3C=C(C[C@H](OC(=O)C=C(C)C)[C@@H]12)C(=O)O3. The van der Waals surface area contributed by atoms with Crippen molar-refractivity contribution in [2.45, 2.75) is 51.9 Å². The van der Waals surface area contributed by atoms with Gasteiger partial charge in [0.15, 0.2) is 0 Å². The largest absolute Gasteiger partial charge is 0.458 e. The summed E-state index contributed by atoms with van der Waals surface area (Å²) < 4.78 is 16.4. The molecule has 0 saturated carbocycles. The molecule has 1 aliphatic carbocycles. The fourth-order valence-electron chi connectivity index (χ4n) is 3.52. The lowest BCUT2D eigenvalue weighted by Crippen LogP contribution is -2.33. The molecule has 0 unspecified atom stereocenters. The van der Waals surface area contributed by atoms with Gasteiger partial charge in [-0.3, -0.25) is 0 Å². The van der Waals surface area contributed by atoms with Gasteiger partial charge in [-0.2, -0.15) is 0 Å². The molecule has 2 bridgehead atoms. The summed E-state index contributed by atoms with van der Waals surface area (Å²) >= 11 is 0. The number of hydrogen-bond acceptors (Lipinski definition) is 6. The van der Waals surface area contributed by atoms with Crippen molar-refractivity contribution in [3.8, 4) is 0 Å². The molecule has 4 atom stereocenters. The molecule has 6 nitrogen and oxygen atoms in total. The Morgan fingerprint density at radius 3 is 2.62 bits per heavy atom. The molecule has 0 radical (unpaired) electrons. The standard InChI is InChI=1S/C20H22O6/c1-10(2)5-17(21)25-16-9-13-8-14(24-20(13)23)6-11(3)7-15-18(16)12(4)19(22)26-15/h5,7-8,14-16,18H,4,6,9H2,1-3H3/b11-7-/t14-,15+,16-,18-/m0/s1. The summed E-state index contributed by atoms with van der Waals surface area (Å²) in [6.45, 7) is 9.28. The number of carbonyl (C=O) groups excluding carboxylic acids is 3. The Bertz CT molecular complexity index is 765. The van der Waals surface area contributed by atoms with Crippen molar-refractivity contribution in [2.24, 2.45) is 5.92 Å². The fraction of sp³-hybridized carbons (Fsp3) is 0.450. The average Bonchev–Trinajstić information content (AvgIpc) is 2.97. The van der Waals surface area contributed by atoms with E-state index in [2.05, 4.69) is 6.58 Å². The summed E-state index contributed by atoms with van der Waals surface area (Å²) in [4.78, 5) is 36.4. The predicted octanol–water partition coefficient (Wildman–Crippen LogP) is 2.55. The highest BCUT2D eigenvalue weighted by atomic mass is 16.6. The molecule has 0 aromatic carbocycles. The molecule has 3 rings (SSSR count). The number of hydrogen-bond donors (Lipinski definition) is 0. The van der Waals surface area contributed by atoms with Gasteiger partial charge < -0.3 is 14.2 Å². The van der Waals surface area contributed by atoms with Crippen molar-refractivity contribution in [3.63, 3.8) is 0 Å². The molecule has 0 amide bonds. The van der Waals surface area contributed by atoms with Crippen LogP contribution in [0.15, 0.2) is 47.1 Å². The van der Waals surface area contributed by atoms with Gasteiger partial charge >= 0.3 is 17.9 Å². The van der Waals surface area contributed by atoms with Crippen LogP contribution >= 0.6 is 0 Å². The second-order valence-corrected chi connectivity index (χ2v) is 7.17. The molecular weight excluding hydrogens is 336 g/mol. The van der Waals surface area contributed by atoms with E-state index in [0.29, 0.717) is 12.0 Å². The van der Waals surface area contributed by atoms with E-state index in [0.717, 1.165) is 11.1 Å². The van der Waals surface area contributed by atoms with Gasteiger partial charge in [-0.05, 0) is 32.9 Å². The minimum atomic E-state index is -0.748. The summed E-state index contributed by atoms with van der Waals surface area (Å²) in [7, 11) is 0. The van der Waals surface area contributed by atoms with Gasteiger partial charge in [-0.1, -0.05) is 17.7 Å². The zero-order valence-corrected chi connectivity index (χ0v) is 15.1. The van der Waals surface area contributed by atoms with Crippen LogP contribution in [-0.2, 0) is 28.6 Å². The fourth-order valence-corrected chi connectivity index (χ4v) is 3.52. The van der Waals surface area contributed by atoms with Gasteiger partial charge in [0.2, 0.25) is 0 Å². The third-order valence-electron chi connectivity index (χ3n) is 4.64. The van der Waals surface area contributed by atoms with Crippen molar-refractivity contribution < 1.29 is 28.6 Å². The molecule has 1 saturated heterocycles. The normalized spacial score (nSPS) is 32.5. The third kappa shape index (κ3) is 3.64. The first-order valence-electron chi connectivity index (χ1n) is 8.59. The van der Waals surface area contributed by atoms with Gasteiger partial charge in [0, 0.05) is 30.1 Å². The molecule has 138 valence electrons. The maximum atomic E-state index is 12.2.